The van der Waals surface area contributed by atoms with Gasteiger partial charge in [-0.1, -0.05) is 55.3 Å². The summed E-state index contributed by atoms with van der Waals surface area (Å²) < 4.78 is 3.58. The van der Waals surface area contributed by atoms with Crippen LogP contribution in [0.2, 0.25) is 0 Å². The number of unbranched alkanes of at least 4 members (excludes halogenated alkanes) is 1. The quantitative estimate of drug-likeness (QED) is 0.394. The van der Waals surface area contributed by atoms with Crippen LogP contribution in [-0.2, 0) is 13.0 Å². The minimum absolute atomic E-state index is 0.139. The average molecular weight is 439 g/mol. The second kappa shape index (κ2) is 8.91. The van der Waals surface area contributed by atoms with Gasteiger partial charge in [0.2, 0.25) is 0 Å². The van der Waals surface area contributed by atoms with E-state index in [2.05, 4.69) is 16.9 Å². The van der Waals surface area contributed by atoms with Crippen LogP contribution in [-0.4, -0.2) is 35.1 Å². The van der Waals surface area contributed by atoms with Crippen molar-refractivity contribution >= 4 is 23.2 Å². The molecule has 4 rings (SSSR count). The molecule has 4 aromatic rings. The molecule has 3 aromatic heterocycles. The molecule has 0 amide bonds. The van der Waals surface area contributed by atoms with Gasteiger partial charge in [-0.05, 0) is 24.1 Å². The van der Waals surface area contributed by atoms with Gasteiger partial charge in [0, 0.05) is 30.9 Å². The molecule has 2 N–H and O–H groups in total. The number of nitrogens with zero attached hydrogens (tertiary/aromatic N) is 4. The highest BCUT2D eigenvalue weighted by molar-refractivity contribution is 6.19. The minimum Gasteiger partial charge on any atom is -0.476 e. The number of hydrogen-bond donors (Lipinski definition) is 2. The molecule has 0 spiro atoms. The number of alkyl halides is 1. The Morgan fingerprint density at radius 3 is 2.61 bits per heavy atom. The molecule has 8 heteroatoms. The van der Waals surface area contributed by atoms with E-state index in [1.165, 1.54) is 0 Å². The highest BCUT2D eigenvalue weighted by atomic mass is 35.5. The maximum atomic E-state index is 11.9. The lowest BCUT2D eigenvalue weighted by Crippen LogP contribution is -2.05. The predicted molar refractivity (Wildman–Crippen MR) is 118 cm³/mol. The molecule has 0 bridgehead atoms. The number of aromatic nitrogens is 4. The zero-order chi connectivity index (χ0) is 22.0. The third-order valence-corrected chi connectivity index (χ3v) is 5.41. The van der Waals surface area contributed by atoms with E-state index in [9.17, 15) is 15.0 Å². The first-order valence-electron chi connectivity index (χ1n) is 10.2. The largest absolute Gasteiger partial charge is 0.476 e. The van der Waals surface area contributed by atoms with Gasteiger partial charge in [0.05, 0.1) is 0 Å². The summed E-state index contributed by atoms with van der Waals surface area (Å²) in [4.78, 5) is 20.8. The summed E-state index contributed by atoms with van der Waals surface area (Å²) in [6.45, 7) is 2.70. The molecule has 0 saturated heterocycles. The fraction of sp³-hybridized carbons (Fsp3) is 0.261. The first-order valence-corrected chi connectivity index (χ1v) is 10.6. The standard InChI is InChI=1S/C23H23ClN4O3/c1-2-3-6-18-25-17(22(24)29)14-27(18)13-15-8-10-16(11-9-15)20-21(23(30)31)28-12-5-4-7-19(28)26-20/h4-5,7-12,14,22,29H,2-3,6,13H2,1H3,(H,30,31). The van der Waals surface area contributed by atoms with Crippen molar-refractivity contribution in [1.82, 2.24) is 18.9 Å². The van der Waals surface area contributed by atoms with E-state index in [1.54, 1.807) is 28.9 Å². The number of carboxylic acid groups (broad SMARTS) is 1. The van der Waals surface area contributed by atoms with E-state index in [0.717, 1.165) is 36.2 Å². The van der Waals surface area contributed by atoms with Gasteiger partial charge in [0.15, 0.2) is 11.3 Å². The van der Waals surface area contributed by atoms with E-state index in [0.29, 0.717) is 23.6 Å². The second-order valence-corrected chi connectivity index (χ2v) is 7.80. The van der Waals surface area contributed by atoms with Crippen LogP contribution in [0.5, 0.6) is 0 Å². The molecule has 0 radical (unpaired) electrons. The molecule has 0 aliphatic rings. The number of aromatic carboxylic acids is 1. The molecule has 1 atom stereocenters. The number of hydrogen-bond acceptors (Lipinski definition) is 4. The van der Waals surface area contributed by atoms with Gasteiger partial charge < -0.3 is 14.8 Å². The van der Waals surface area contributed by atoms with Gasteiger partial charge in [-0.3, -0.25) is 4.40 Å². The van der Waals surface area contributed by atoms with E-state index in [4.69, 9.17) is 11.6 Å². The first-order chi connectivity index (χ1) is 15.0. The molecular weight excluding hydrogens is 416 g/mol. The number of rotatable bonds is 8. The van der Waals surface area contributed by atoms with Gasteiger partial charge in [0.1, 0.15) is 22.9 Å². The Balaban J connectivity index is 1.64. The summed E-state index contributed by atoms with van der Waals surface area (Å²) in [6.07, 6.45) is 6.33. The maximum Gasteiger partial charge on any atom is 0.355 e. The van der Waals surface area contributed by atoms with Crippen LogP contribution < -0.4 is 0 Å². The second-order valence-electron chi connectivity index (χ2n) is 7.39. The summed E-state index contributed by atoms with van der Waals surface area (Å²) in [7, 11) is 0. The fourth-order valence-corrected chi connectivity index (χ4v) is 3.73. The van der Waals surface area contributed by atoms with Crippen LogP contribution in [0.15, 0.2) is 54.9 Å². The topological polar surface area (TPSA) is 92.7 Å². The van der Waals surface area contributed by atoms with Gasteiger partial charge >= 0.3 is 5.97 Å². The zero-order valence-electron chi connectivity index (χ0n) is 17.1. The molecule has 0 saturated carbocycles. The number of aliphatic hydroxyl groups is 1. The lowest BCUT2D eigenvalue weighted by molar-refractivity contribution is 0.0690. The van der Waals surface area contributed by atoms with Crippen molar-refractivity contribution in [2.24, 2.45) is 0 Å². The lowest BCUT2D eigenvalue weighted by Gasteiger charge is -2.08. The first kappa shape index (κ1) is 21.1. The maximum absolute atomic E-state index is 11.9. The van der Waals surface area contributed by atoms with Crippen LogP contribution >= 0.6 is 11.6 Å². The molecule has 0 aliphatic heterocycles. The van der Waals surface area contributed by atoms with Gasteiger partial charge in [-0.2, -0.15) is 0 Å². The number of fused-ring (bicyclic) bond motifs is 1. The molecule has 1 unspecified atom stereocenters. The lowest BCUT2D eigenvalue weighted by atomic mass is 10.1. The average Bonchev–Trinajstić information content (AvgIpc) is 3.34. The smallest absolute Gasteiger partial charge is 0.355 e. The Labute approximate surface area is 184 Å². The van der Waals surface area contributed by atoms with E-state index < -0.39 is 11.5 Å². The number of aliphatic hydroxyl groups excluding tert-OH is 1. The van der Waals surface area contributed by atoms with Crippen molar-refractivity contribution in [2.45, 2.75) is 38.3 Å². The molecule has 0 fully saturated rings. The third kappa shape index (κ3) is 4.33. The summed E-state index contributed by atoms with van der Waals surface area (Å²) >= 11 is 5.81. The number of halogens is 1. The van der Waals surface area contributed by atoms with Crippen molar-refractivity contribution in [3.8, 4) is 11.3 Å². The van der Waals surface area contributed by atoms with Crippen LogP contribution in [0.3, 0.4) is 0 Å². The number of pyridine rings is 1. The summed E-state index contributed by atoms with van der Waals surface area (Å²) in [6, 6.07) is 13.0. The zero-order valence-corrected chi connectivity index (χ0v) is 17.8. The Morgan fingerprint density at radius 1 is 1.16 bits per heavy atom. The van der Waals surface area contributed by atoms with Gasteiger partial charge in [-0.25, -0.2) is 14.8 Å². The van der Waals surface area contributed by atoms with Crippen molar-refractivity contribution in [2.75, 3.05) is 0 Å². The summed E-state index contributed by atoms with van der Waals surface area (Å²) in [5, 5.41) is 19.4. The van der Waals surface area contributed by atoms with Crippen LogP contribution in [0.4, 0.5) is 0 Å². The normalized spacial score (nSPS) is 12.4. The highest BCUT2D eigenvalue weighted by Crippen LogP contribution is 2.26. The number of benzene rings is 1. The third-order valence-electron chi connectivity index (χ3n) is 5.19. The highest BCUT2D eigenvalue weighted by Gasteiger charge is 2.20. The molecule has 1 aromatic carbocycles. The minimum atomic E-state index is -1.13. The molecule has 3 heterocycles. The molecule has 7 nitrogen and oxygen atoms in total. The molecule has 31 heavy (non-hydrogen) atoms. The Bertz CT molecular complexity index is 1210. The SMILES string of the molecule is CCCCc1nc(C(O)Cl)cn1Cc1ccc(-c2nc3ccccn3c2C(=O)O)cc1. The van der Waals surface area contributed by atoms with Gasteiger partial charge in [0.25, 0.3) is 0 Å². The fourth-order valence-electron chi connectivity index (χ4n) is 3.63. The van der Waals surface area contributed by atoms with Crippen LogP contribution in [0.25, 0.3) is 16.9 Å². The van der Waals surface area contributed by atoms with Crippen LogP contribution in [0, 0.1) is 0 Å². The van der Waals surface area contributed by atoms with E-state index in [1.807, 2.05) is 34.9 Å². The molecular formula is C23H23ClN4O3. The molecule has 0 aliphatic carbocycles. The summed E-state index contributed by atoms with van der Waals surface area (Å²) in [5.41, 5.74) is 2.23. The van der Waals surface area contributed by atoms with Crippen LogP contribution in [0.1, 0.15) is 52.9 Å². The predicted octanol–water partition coefficient (Wildman–Crippen LogP) is 4.52. The number of aryl methyl sites for hydroxylation is 1. The van der Waals surface area contributed by atoms with E-state index >= 15 is 0 Å². The molecule has 160 valence electrons. The Kier molecular flexibility index (Phi) is 6.06. The van der Waals surface area contributed by atoms with Crippen molar-refractivity contribution in [3.63, 3.8) is 0 Å². The number of imidazole rings is 2. The van der Waals surface area contributed by atoms with Gasteiger partial charge in [-0.15, -0.1) is 0 Å². The van der Waals surface area contributed by atoms with Crippen molar-refractivity contribution in [3.05, 3.63) is 77.6 Å². The Hall–Kier alpha value is -3.16. The monoisotopic (exact) mass is 438 g/mol. The Morgan fingerprint density at radius 2 is 1.94 bits per heavy atom. The summed E-state index contributed by atoms with van der Waals surface area (Å²) in [5.74, 6) is -0.141. The van der Waals surface area contributed by atoms with Crippen molar-refractivity contribution < 1.29 is 15.0 Å². The number of carboxylic acids is 1. The van der Waals surface area contributed by atoms with E-state index in [-0.39, 0.29) is 5.69 Å². The van der Waals surface area contributed by atoms with Crippen molar-refractivity contribution in [1.29, 1.82) is 0 Å². The number of carbonyl (C=O) groups is 1.